The van der Waals surface area contributed by atoms with E-state index in [1.165, 1.54) is 12.7 Å². The molecule has 0 aliphatic carbocycles. The minimum absolute atomic E-state index is 0.263. The number of nitrogens with zero attached hydrogens (tertiary/aromatic N) is 1. The van der Waals surface area contributed by atoms with E-state index in [0.717, 1.165) is 10.6 Å². The second-order valence-electron chi connectivity index (χ2n) is 4.06. The van der Waals surface area contributed by atoms with Gasteiger partial charge in [-0.15, -0.1) is 11.8 Å². The molecule has 1 aliphatic heterocycles. The highest BCUT2D eigenvalue weighted by Gasteiger charge is 2.24. The molecule has 0 aromatic heterocycles. The van der Waals surface area contributed by atoms with Gasteiger partial charge < -0.3 is 4.74 Å². The fourth-order valence-electron chi connectivity index (χ4n) is 1.59. The molecule has 1 aromatic carbocycles. The lowest BCUT2D eigenvalue weighted by Crippen LogP contribution is -2.19. The van der Waals surface area contributed by atoms with Crippen LogP contribution < -0.4 is 0 Å². The zero-order valence-electron chi connectivity index (χ0n) is 10.4. The van der Waals surface area contributed by atoms with Crippen LogP contribution in [0.4, 0.5) is 0 Å². The normalized spacial score (nSPS) is 19.0. The Balaban J connectivity index is 2.02. The maximum Gasteiger partial charge on any atom is 0.331 e. The Morgan fingerprint density at radius 1 is 1.39 bits per heavy atom. The summed E-state index contributed by atoms with van der Waals surface area (Å²) >= 11 is 1.58. The molecule has 0 saturated heterocycles. The maximum absolute atomic E-state index is 11.3. The van der Waals surface area contributed by atoms with Crippen LogP contribution in [-0.4, -0.2) is 29.9 Å². The topological polar surface area (TPSA) is 38.7 Å². The fraction of sp³-hybridized carbons (Fsp3) is 0.286. The van der Waals surface area contributed by atoms with Gasteiger partial charge in [0.15, 0.2) is 6.04 Å². The van der Waals surface area contributed by atoms with E-state index in [-0.39, 0.29) is 12.0 Å². The van der Waals surface area contributed by atoms with Crippen LogP contribution in [-0.2, 0) is 9.53 Å². The van der Waals surface area contributed by atoms with Crippen LogP contribution in [0.25, 0.3) is 6.08 Å². The number of methoxy groups -OCH3 is 1. The van der Waals surface area contributed by atoms with Crippen molar-refractivity contribution in [1.29, 1.82) is 0 Å². The lowest BCUT2D eigenvalue weighted by Gasteiger charge is -2.00. The van der Waals surface area contributed by atoms with E-state index in [0.29, 0.717) is 5.75 Å². The molecule has 4 heteroatoms. The second kappa shape index (κ2) is 5.87. The summed E-state index contributed by atoms with van der Waals surface area (Å²) in [5.74, 6) is 0.404. The maximum atomic E-state index is 11.3. The minimum Gasteiger partial charge on any atom is -0.467 e. The van der Waals surface area contributed by atoms with Crippen LogP contribution in [0, 0.1) is 6.92 Å². The third-order valence-corrected chi connectivity index (χ3v) is 3.66. The minimum atomic E-state index is -0.349. The Bertz CT molecular complexity index is 491. The fourth-order valence-corrected chi connectivity index (χ4v) is 2.49. The summed E-state index contributed by atoms with van der Waals surface area (Å²) < 4.78 is 4.67. The molecule has 0 fully saturated rings. The van der Waals surface area contributed by atoms with E-state index >= 15 is 0 Å². The standard InChI is InChI=1S/C14H15NO2S/c1-10-3-5-11(6-4-10)7-8-13-15-12(9-18-13)14(16)17-2/h3-8,12H,9H2,1-2H3/b8-7+/t12-/m1/s1. The van der Waals surface area contributed by atoms with Crippen LogP contribution in [0.15, 0.2) is 35.3 Å². The second-order valence-corrected chi connectivity index (χ2v) is 5.10. The summed E-state index contributed by atoms with van der Waals surface area (Å²) in [4.78, 5) is 15.6. The molecule has 1 aliphatic rings. The first kappa shape index (κ1) is 12.9. The number of hydrogen-bond donors (Lipinski definition) is 0. The van der Waals surface area contributed by atoms with Gasteiger partial charge in [0.1, 0.15) is 0 Å². The number of carbonyl (C=O) groups excluding carboxylic acids is 1. The predicted octanol–water partition coefficient (Wildman–Crippen LogP) is 2.70. The van der Waals surface area contributed by atoms with Crippen LogP contribution in [0.3, 0.4) is 0 Å². The van der Waals surface area contributed by atoms with E-state index < -0.39 is 0 Å². The van der Waals surface area contributed by atoms with E-state index in [1.54, 1.807) is 11.8 Å². The van der Waals surface area contributed by atoms with Gasteiger partial charge in [-0.3, -0.25) is 4.99 Å². The quantitative estimate of drug-likeness (QED) is 0.785. The first-order valence-electron chi connectivity index (χ1n) is 5.72. The van der Waals surface area contributed by atoms with Gasteiger partial charge in [-0.1, -0.05) is 35.9 Å². The first-order valence-corrected chi connectivity index (χ1v) is 6.71. The van der Waals surface area contributed by atoms with Crippen molar-refractivity contribution in [1.82, 2.24) is 0 Å². The molecule has 1 atom stereocenters. The zero-order chi connectivity index (χ0) is 13.0. The molecule has 0 unspecified atom stereocenters. The highest BCUT2D eigenvalue weighted by Crippen LogP contribution is 2.20. The SMILES string of the molecule is COC(=O)[C@H]1CSC(/C=C/c2ccc(C)cc2)=N1. The molecule has 2 rings (SSSR count). The summed E-state index contributed by atoms with van der Waals surface area (Å²) in [6.07, 6.45) is 3.95. The van der Waals surface area contributed by atoms with E-state index in [9.17, 15) is 4.79 Å². The van der Waals surface area contributed by atoms with Gasteiger partial charge in [-0.05, 0) is 18.6 Å². The Hall–Kier alpha value is -1.55. The van der Waals surface area contributed by atoms with Gasteiger partial charge in [0.2, 0.25) is 0 Å². The lowest BCUT2D eigenvalue weighted by atomic mass is 10.1. The molecule has 3 nitrogen and oxygen atoms in total. The summed E-state index contributed by atoms with van der Waals surface area (Å²) in [7, 11) is 1.39. The zero-order valence-corrected chi connectivity index (χ0v) is 11.2. The number of ether oxygens (including phenoxy) is 1. The van der Waals surface area contributed by atoms with Crippen molar-refractivity contribution in [3.05, 3.63) is 41.5 Å². The van der Waals surface area contributed by atoms with E-state index in [1.807, 2.05) is 12.2 Å². The molecular formula is C14H15NO2S. The van der Waals surface area contributed by atoms with Crippen molar-refractivity contribution in [2.75, 3.05) is 12.9 Å². The molecule has 0 radical (unpaired) electrons. The van der Waals surface area contributed by atoms with Gasteiger partial charge in [-0.25, -0.2) is 4.79 Å². The van der Waals surface area contributed by atoms with Crippen LogP contribution in [0.2, 0.25) is 0 Å². The molecule has 94 valence electrons. The Morgan fingerprint density at radius 3 is 2.78 bits per heavy atom. The molecule has 1 heterocycles. The molecule has 0 saturated carbocycles. The molecular weight excluding hydrogens is 246 g/mol. The van der Waals surface area contributed by atoms with Crippen molar-refractivity contribution in [2.24, 2.45) is 4.99 Å². The van der Waals surface area contributed by atoms with Gasteiger partial charge in [0.25, 0.3) is 0 Å². The van der Waals surface area contributed by atoms with Crippen LogP contribution in [0.5, 0.6) is 0 Å². The highest BCUT2D eigenvalue weighted by atomic mass is 32.2. The van der Waals surface area contributed by atoms with Crippen LogP contribution in [0.1, 0.15) is 11.1 Å². The average molecular weight is 261 g/mol. The molecule has 0 bridgehead atoms. The summed E-state index contributed by atoms with van der Waals surface area (Å²) in [5, 5.41) is 0.881. The third kappa shape index (κ3) is 3.23. The van der Waals surface area contributed by atoms with Gasteiger partial charge in [0.05, 0.1) is 12.2 Å². The largest absolute Gasteiger partial charge is 0.467 e. The van der Waals surface area contributed by atoms with Gasteiger partial charge >= 0.3 is 5.97 Å². The number of rotatable bonds is 3. The van der Waals surface area contributed by atoms with E-state index in [4.69, 9.17) is 0 Å². The number of thioether (sulfide) groups is 1. The molecule has 0 spiro atoms. The number of hydrogen-bond acceptors (Lipinski definition) is 4. The van der Waals surface area contributed by atoms with Gasteiger partial charge in [0, 0.05) is 5.75 Å². The number of benzene rings is 1. The molecule has 1 aromatic rings. The predicted molar refractivity (Wildman–Crippen MR) is 75.9 cm³/mol. The average Bonchev–Trinajstić information content (AvgIpc) is 2.86. The summed E-state index contributed by atoms with van der Waals surface area (Å²) in [5.41, 5.74) is 2.37. The van der Waals surface area contributed by atoms with Crippen molar-refractivity contribution in [2.45, 2.75) is 13.0 Å². The first-order chi connectivity index (χ1) is 8.69. The van der Waals surface area contributed by atoms with Crippen molar-refractivity contribution >= 4 is 28.9 Å². The summed E-state index contributed by atoms with van der Waals surface area (Å²) in [6, 6.07) is 7.91. The molecule has 0 N–H and O–H groups in total. The summed E-state index contributed by atoms with van der Waals surface area (Å²) in [6.45, 7) is 2.06. The van der Waals surface area contributed by atoms with Crippen molar-refractivity contribution in [3.8, 4) is 0 Å². The van der Waals surface area contributed by atoms with Crippen molar-refractivity contribution in [3.63, 3.8) is 0 Å². The third-order valence-electron chi connectivity index (χ3n) is 2.64. The number of aryl methyl sites for hydroxylation is 1. The molecule has 18 heavy (non-hydrogen) atoms. The Kier molecular flexibility index (Phi) is 4.20. The Labute approximate surface area is 111 Å². The smallest absolute Gasteiger partial charge is 0.331 e. The number of esters is 1. The van der Waals surface area contributed by atoms with Crippen molar-refractivity contribution < 1.29 is 9.53 Å². The van der Waals surface area contributed by atoms with Gasteiger partial charge in [-0.2, -0.15) is 0 Å². The van der Waals surface area contributed by atoms with E-state index in [2.05, 4.69) is 40.9 Å². The number of carbonyl (C=O) groups is 1. The molecule has 0 amide bonds. The number of aliphatic imine (C=N–C) groups is 1. The highest BCUT2D eigenvalue weighted by molar-refractivity contribution is 8.14. The Morgan fingerprint density at radius 2 is 2.11 bits per heavy atom. The monoisotopic (exact) mass is 261 g/mol. The van der Waals surface area contributed by atoms with Crippen LogP contribution >= 0.6 is 11.8 Å². The lowest BCUT2D eigenvalue weighted by molar-refractivity contribution is -0.141.